The van der Waals surface area contributed by atoms with Gasteiger partial charge in [-0.15, -0.1) is 0 Å². The molecule has 4 nitrogen and oxygen atoms in total. The van der Waals surface area contributed by atoms with Gasteiger partial charge in [-0.2, -0.15) is 0 Å². The maximum absolute atomic E-state index is 4.66. The maximum atomic E-state index is 4.66. The molecule has 0 amide bonds. The minimum Gasteiger partial charge on any atom is -0.353 e. The van der Waals surface area contributed by atoms with Crippen LogP contribution >= 0.6 is 0 Å². The number of nitrogens with one attached hydrogen (secondary N) is 1. The van der Waals surface area contributed by atoms with Gasteiger partial charge in [-0.1, -0.05) is 12.8 Å². The third-order valence-corrected chi connectivity index (χ3v) is 4.66. The molecule has 2 aliphatic rings. The first-order valence-electron chi connectivity index (χ1n) is 8.34. The van der Waals surface area contributed by atoms with E-state index in [1.54, 1.807) is 0 Å². The fraction of sp³-hybridized carbons (Fsp3) is 0.812. The highest BCUT2D eigenvalue weighted by molar-refractivity contribution is 5.30. The summed E-state index contributed by atoms with van der Waals surface area (Å²) in [5.74, 6) is 1.09. The Hall–Kier alpha value is -1.03. The predicted octanol–water partition coefficient (Wildman–Crippen LogP) is 3.03. The summed E-state index contributed by atoms with van der Waals surface area (Å²) in [4.78, 5) is 7.25. The summed E-state index contributed by atoms with van der Waals surface area (Å²) in [5.41, 5.74) is 1.13. The number of likely N-dealkylation sites (tertiary alicyclic amines) is 1. The van der Waals surface area contributed by atoms with E-state index in [0.717, 1.165) is 18.2 Å². The van der Waals surface area contributed by atoms with E-state index in [1.807, 2.05) is 0 Å². The molecule has 2 fully saturated rings. The Kier molecular flexibility index (Phi) is 4.61. The molecule has 1 aliphatic carbocycles. The molecule has 1 aliphatic heterocycles. The van der Waals surface area contributed by atoms with Gasteiger partial charge in [0.2, 0.25) is 5.95 Å². The van der Waals surface area contributed by atoms with Crippen molar-refractivity contribution in [3.63, 3.8) is 0 Å². The smallest absolute Gasteiger partial charge is 0.203 e. The van der Waals surface area contributed by atoms with Crippen LogP contribution < -0.4 is 5.32 Å². The van der Waals surface area contributed by atoms with Crippen molar-refractivity contribution in [3.05, 3.63) is 11.9 Å². The average Bonchev–Trinajstić information content (AvgIpc) is 3.13. The van der Waals surface area contributed by atoms with Gasteiger partial charge < -0.3 is 14.8 Å². The van der Waals surface area contributed by atoms with Crippen LogP contribution in [0.2, 0.25) is 0 Å². The van der Waals surface area contributed by atoms with Crippen LogP contribution in [-0.4, -0.2) is 40.1 Å². The largest absolute Gasteiger partial charge is 0.353 e. The second-order valence-corrected chi connectivity index (χ2v) is 6.43. The molecule has 2 heterocycles. The van der Waals surface area contributed by atoms with E-state index in [1.165, 1.54) is 64.6 Å². The van der Waals surface area contributed by atoms with Crippen molar-refractivity contribution in [3.8, 4) is 0 Å². The lowest BCUT2D eigenvalue weighted by atomic mass is 10.2. The Balaban J connectivity index is 1.51. The number of rotatable bonds is 6. The van der Waals surface area contributed by atoms with Crippen LogP contribution in [0.1, 0.15) is 50.6 Å². The molecule has 0 atom stereocenters. The lowest BCUT2D eigenvalue weighted by Gasteiger charge is -2.17. The first-order chi connectivity index (χ1) is 9.81. The Morgan fingerprint density at radius 2 is 1.90 bits per heavy atom. The van der Waals surface area contributed by atoms with Gasteiger partial charge in [0.1, 0.15) is 0 Å². The Bertz CT molecular complexity index is 414. The third kappa shape index (κ3) is 3.54. The number of aryl methyl sites for hydroxylation is 2. The topological polar surface area (TPSA) is 33.1 Å². The third-order valence-electron chi connectivity index (χ3n) is 4.66. The van der Waals surface area contributed by atoms with Gasteiger partial charge in [-0.3, -0.25) is 0 Å². The van der Waals surface area contributed by atoms with Gasteiger partial charge in [0.25, 0.3) is 0 Å². The van der Waals surface area contributed by atoms with E-state index >= 15 is 0 Å². The molecule has 0 spiro atoms. The van der Waals surface area contributed by atoms with Crippen molar-refractivity contribution in [2.75, 3.05) is 25.0 Å². The second-order valence-electron chi connectivity index (χ2n) is 6.43. The summed E-state index contributed by atoms with van der Waals surface area (Å²) in [5, 5.41) is 3.65. The molecule has 1 aromatic heterocycles. The highest BCUT2D eigenvalue weighted by Gasteiger charge is 2.17. The van der Waals surface area contributed by atoms with Crippen LogP contribution in [0.4, 0.5) is 5.95 Å². The standard InChI is InChI=1S/C16H28N4/c1-14-13-20(12-6-11-19-9-4-5-10-19)16(17-14)18-15-7-2-3-8-15/h13,15H,2-12H2,1H3,(H,17,18). The monoisotopic (exact) mass is 276 g/mol. The minimum absolute atomic E-state index is 0.647. The molecule has 3 rings (SSSR count). The van der Waals surface area contributed by atoms with Gasteiger partial charge >= 0.3 is 0 Å². The summed E-state index contributed by atoms with van der Waals surface area (Å²) < 4.78 is 2.32. The van der Waals surface area contributed by atoms with E-state index in [9.17, 15) is 0 Å². The molecule has 0 radical (unpaired) electrons. The minimum atomic E-state index is 0.647. The van der Waals surface area contributed by atoms with Crippen molar-refractivity contribution in [2.45, 2.75) is 64.5 Å². The summed E-state index contributed by atoms with van der Waals surface area (Å²) >= 11 is 0. The highest BCUT2D eigenvalue weighted by Crippen LogP contribution is 2.22. The Labute approximate surface area is 122 Å². The molecule has 1 saturated heterocycles. The Morgan fingerprint density at radius 1 is 1.15 bits per heavy atom. The molecular formula is C16H28N4. The molecule has 1 aromatic rings. The molecule has 1 saturated carbocycles. The van der Waals surface area contributed by atoms with Crippen molar-refractivity contribution in [2.24, 2.45) is 0 Å². The van der Waals surface area contributed by atoms with Crippen LogP contribution in [0.3, 0.4) is 0 Å². The lowest BCUT2D eigenvalue weighted by molar-refractivity contribution is 0.325. The molecule has 0 unspecified atom stereocenters. The summed E-state index contributed by atoms with van der Waals surface area (Å²) in [6.45, 7) is 7.02. The number of nitrogens with zero attached hydrogens (tertiary/aromatic N) is 3. The summed E-state index contributed by atoms with van der Waals surface area (Å²) in [6, 6.07) is 0.647. The predicted molar refractivity (Wildman–Crippen MR) is 83.1 cm³/mol. The van der Waals surface area contributed by atoms with Crippen molar-refractivity contribution < 1.29 is 0 Å². The number of imidazole rings is 1. The van der Waals surface area contributed by atoms with Crippen LogP contribution in [0.25, 0.3) is 0 Å². The van der Waals surface area contributed by atoms with Crippen molar-refractivity contribution in [1.29, 1.82) is 0 Å². The molecule has 4 heteroatoms. The number of aromatic nitrogens is 2. The van der Waals surface area contributed by atoms with Gasteiger partial charge in [0.05, 0.1) is 5.69 Å². The Morgan fingerprint density at radius 3 is 2.65 bits per heavy atom. The van der Waals surface area contributed by atoms with Gasteiger partial charge in [-0.25, -0.2) is 4.98 Å². The molecule has 112 valence electrons. The van der Waals surface area contributed by atoms with Crippen molar-refractivity contribution >= 4 is 5.95 Å². The first kappa shape index (κ1) is 13.9. The fourth-order valence-corrected chi connectivity index (χ4v) is 3.56. The maximum Gasteiger partial charge on any atom is 0.203 e. The van der Waals surface area contributed by atoms with Gasteiger partial charge in [0, 0.05) is 18.8 Å². The van der Waals surface area contributed by atoms with E-state index < -0.39 is 0 Å². The first-order valence-corrected chi connectivity index (χ1v) is 8.34. The van der Waals surface area contributed by atoms with Gasteiger partial charge in [-0.05, 0) is 58.7 Å². The van der Waals surface area contributed by atoms with E-state index in [-0.39, 0.29) is 0 Å². The van der Waals surface area contributed by atoms with Crippen LogP contribution in [0, 0.1) is 6.92 Å². The number of hydrogen-bond donors (Lipinski definition) is 1. The zero-order valence-corrected chi connectivity index (χ0v) is 12.8. The summed E-state index contributed by atoms with van der Waals surface area (Å²) in [7, 11) is 0. The van der Waals surface area contributed by atoms with E-state index in [0.29, 0.717) is 6.04 Å². The zero-order valence-electron chi connectivity index (χ0n) is 12.8. The SMILES string of the molecule is Cc1cn(CCCN2CCCC2)c(NC2CCCC2)n1. The number of anilines is 1. The average molecular weight is 276 g/mol. The fourth-order valence-electron chi connectivity index (χ4n) is 3.56. The normalized spacial score (nSPS) is 20.9. The zero-order chi connectivity index (χ0) is 13.8. The molecule has 20 heavy (non-hydrogen) atoms. The second kappa shape index (κ2) is 6.61. The number of hydrogen-bond acceptors (Lipinski definition) is 3. The van der Waals surface area contributed by atoms with E-state index in [2.05, 4.69) is 32.9 Å². The highest BCUT2D eigenvalue weighted by atomic mass is 15.2. The molecule has 1 N–H and O–H groups in total. The molecule has 0 bridgehead atoms. The van der Waals surface area contributed by atoms with Crippen LogP contribution in [-0.2, 0) is 6.54 Å². The van der Waals surface area contributed by atoms with Crippen LogP contribution in [0.15, 0.2) is 6.20 Å². The van der Waals surface area contributed by atoms with Crippen LogP contribution in [0.5, 0.6) is 0 Å². The summed E-state index contributed by atoms with van der Waals surface area (Å²) in [6.07, 6.45) is 11.5. The van der Waals surface area contributed by atoms with E-state index in [4.69, 9.17) is 0 Å². The molecule has 0 aromatic carbocycles. The lowest BCUT2D eigenvalue weighted by Crippen LogP contribution is -2.22. The molecular weight excluding hydrogens is 248 g/mol. The van der Waals surface area contributed by atoms with Gasteiger partial charge in [0.15, 0.2) is 0 Å². The quantitative estimate of drug-likeness (QED) is 0.867. The van der Waals surface area contributed by atoms with Crippen molar-refractivity contribution in [1.82, 2.24) is 14.5 Å².